The first-order chi connectivity index (χ1) is 8.15. The van der Waals surface area contributed by atoms with Crippen molar-refractivity contribution in [3.05, 3.63) is 28.2 Å². The number of amides is 1. The zero-order chi connectivity index (χ0) is 12.3. The molecule has 0 radical (unpaired) electrons. The molecule has 5 heteroatoms. The molecule has 0 aromatic heterocycles. The molecule has 1 heterocycles. The maximum Gasteiger partial charge on any atom is 0.222 e. The summed E-state index contributed by atoms with van der Waals surface area (Å²) in [7, 11) is 0. The minimum absolute atomic E-state index is 0.0816. The van der Waals surface area contributed by atoms with Gasteiger partial charge in [-0.2, -0.15) is 0 Å². The Hall–Kier alpha value is -0.930. The SMILES string of the molecule is O=C1CC(Nc2cc(Cl)ccc2Cl)CCCN1. The van der Waals surface area contributed by atoms with Crippen LogP contribution in [-0.2, 0) is 4.79 Å². The predicted octanol–water partition coefficient (Wildman–Crippen LogP) is 3.07. The molecule has 2 N–H and O–H groups in total. The summed E-state index contributed by atoms with van der Waals surface area (Å²) in [4.78, 5) is 11.4. The van der Waals surface area contributed by atoms with Crippen molar-refractivity contribution in [3.8, 4) is 0 Å². The third kappa shape index (κ3) is 3.51. The third-order valence-corrected chi connectivity index (χ3v) is 3.34. The van der Waals surface area contributed by atoms with Crippen LogP contribution in [0.25, 0.3) is 0 Å². The molecular formula is C12H14Cl2N2O. The topological polar surface area (TPSA) is 41.1 Å². The molecule has 17 heavy (non-hydrogen) atoms. The summed E-state index contributed by atoms with van der Waals surface area (Å²) in [5, 5.41) is 7.39. The molecule has 2 rings (SSSR count). The van der Waals surface area contributed by atoms with E-state index in [1.54, 1.807) is 18.2 Å². The smallest absolute Gasteiger partial charge is 0.222 e. The highest BCUT2D eigenvalue weighted by molar-refractivity contribution is 6.35. The van der Waals surface area contributed by atoms with Crippen molar-refractivity contribution in [1.29, 1.82) is 0 Å². The first-order valence-corrected chi connectivity index (χ1v) is 6.39. The van der Waals surface area contributed by atoms with Gasteiger partial charge in [-0.25, -0.2) is 0 Å². The van der Waals surface area contributed by atoms with Crippen molar-refractivity contribution in [3.63, 3.8) is 0 Å². The molecule has 1 aliphatic rings. The fraction of sp³-hybridized carbons (Fsp3) is 0.417. The summed E-state index contributed by atoms with van der Waals surface area (Å²) in [5.74, 6) is 0.0816. The monoisotopic (exact) mass is 272 g/mol. The second kappa shape index (κ2) is 5.61. The highest BCUT2D eigenvalue weighted by Crippen LogP contribution is 2.27. The Labute approximate surface area is 110 Å². The van der Waals surface area contributed by atoms with Crippen LogP contribution < -0.4 is 10.6 Å². The molecule has 1 aromatic carbocycles. The van der Waals surface area contributed by atoms with Crippen LogP contribution >= 0.6 is 23.2 Å². The van der Waals surface area contributed by atoms with Gasteiger partial charge in [-0.3, -0.25) is 4.79 Å². The van der Waals surface area contributed by atoms with Crippen molar-refractivity contribution >= 4 is 34.8 Å². The van der Waals surface area contributed by atoms with E-state index >= 15 is 0 Å². The zero-order valence-electron chi connectivity index (χ0n) is 9.30. The van der Waals surface area contributed by atoms with Crippen LogP contribution in [0, 0.1) is 0 Å². The summed E-state index contributed by atoms with van der Waals surface area (Å²) >= 11 is 12.0. The van der Waals surface area contributed by atoms with Crippen molar-refractivity contribution in [2.24, 2.45) is 0 Å². The molecule has 0 saturated carbocycles. The van der Waals surface area contributed by atoms with Gasteiger partial charge in [0.15, 0.2) is 0 Å². The van der Waals surface area contributed by atoms with E-state index in [4.69, 9.17) is 23.2 Å². The predicted molar refractivity (Wildman–Crippen MR) is 70.7 cm³/mol. The molecule has 0 bridgehead atoms. The Morgan fingerprint density at radius 3 is 3.00 bits per heavy atom. The Morgan fingerprint density at radius 1 is 1.35 bits per heavy atom. The van der Waals surface area contributed by atoms with Gasteiger partial charge in [0.2, 0.25) is 5.91 Å². The fourth-order valence-electron chi connectivity index (χ4n) is 1.93. The Balaban J connectivity index is 2.08. The number of carbonyl (C=O) groups is 1. The van der Waals surface area contributed by atoms with Gasteiger partial charge in [0.25, 0.3) is 0 Å². The van der Waals surface area contributed by atoms with E-state index in [1.807, 2.05) is 0 Å². The number of rotatable bonds is 2. The lowest BCUT2D eigenvalue weighted by atomic mass is 10.1. The third-order valence-electron chi connectivity index (χ3n) is 2.77. The quantitative estimate of drug-likeness (QED) is 0.869. The van der Waals surface area contributed by atoms with E-state index in [1.165, 1.54) is 0 Å². The van der Waals surface area contributed by atoms with Crippen LogP contribution in [0.2, 0.25) is 10.0 Å². The number of hydrogen-bond acceptors (Lipinski definition) is 2. The van der Waals surface area contributed by atoms with E-state index in [2.05, 4.69) is 10.6 Å². The number of benzene rings is 1. The van der Waals surface area contributed by atoms with E-state index < -0.39 is 0 Å². The van der Waals surface area contributed by atoms with E-state index in [0.29, 0.717) is 16.5 Å². The standard InChI is InChI=1S/C12H14Cl2N2O/c13-8-3-4-10(14)11(6-8)16-9-2-1-5-15-12(17)7-9/h3-4,6,9,16H,1-2,5,7H2,(H,15,17). The molecule has 1 unspecified atom stereocenters. The molecule has 1 atom stereocenters. The number of hydrogen-bond donors (Lipinski definition) is 2. The van der Waals surface area contributed by atoms with Crippen LogP contribution in [-0.4, -0.2) is 18.5 Å². The van der Waals surface area contributed by atoms with Gasteiger partial charge in [0.05, 0.1) is 10.7 Å². The first kappa shape index (κ1) is 12.5. The van der Waals surface area contributed by atoms with Crippen LogP contribution in [0.3, 0.4) is 0 Å². The fourth-order valence-corrected chi connectivity index (χ4v) is 2.27. The normalized spacial score (nSPS) is 20.6. The average molecular weight is 273 g/mol. The summed E-state index contributed by atoms with van der Waals surface area (Å²) in [6.45, 7) is 0.750. The van der Waals surface area contributed by atoms with Crippen molar-refractivity contribution < 1.29 is 4.79 Å². The van der Waals surface area contributed by atoms with Crippen molar-refractivity contribution in [2.45, 2.75) is 25.3 Å². The van der Waals surface area contributed by atoms with Crippen LogP contribution in [0.1, 0.15) is 19.3 Å². The van der Waals surface area contributed by atoms with Crippen LogP contribution in [0.15, 0.2) is 18.2 Å². The lowest BCUT2D eigenvalue weighted by molar-refractivity contribution is -0.120. The maximum atomic E-state index is 11.4. The number of nitrogens with one attached hydrogen (secondary N) is 2. The highest BCUT2D eigenvalue weighted by atomic mass is 35.5. The van der Waals surface area contributed by atoms with Crippen molar-refractivity contribution in [2.75, 3.05) is 11.9 Å². The molecule has 1 amide bonds. The van der Waals surface area contributed by atoms with Crippen LogP contribution in [0.4, 0.5) is 5.69 Å². The van der Waals surface area contributed by atoms with E-state index in [9.17, 15) is 4.79 Å². The molecule has 92 valence electrons. The number of anilines is 1. The highest BCUT2D eigenvalue weighted by Gasteiger charge is 2.17. The van der Waals surface area contributed by atoms with Crippen LogP contribution in [0.5, 0.6) is 0 Å². The van der Waals surface area contributed by atoms with Gasteiger partial charge in [0, 0.05) is 24.0 Å². The van der Waals surface area contributed by atoms with E-state index in [0.717, 1.165) is 25.1 Å². The lowest BCUT2D eigenvalue weighted by Crippen LogP contribution is -2.26. The van der Waals surface area contributed by atoms with E-state index in [-0.39, 0.29) is 11.9 Å². The summed E-state index contributed by atoms with van der Waals surface area (Å²) in [5.41, 5.74) is 0.791. The lowest BCUT2D eigenvalue weighted by Gasteiger charge is -2.17. The van der Waals surface area contributed by atoms with Gasteiger partial charge in [-0.15, -0.1) is 0 Å². The molecule has 0 spiro atoms. The van der Waals surface area contributed by atoms with Gasteiger partial charge in [-0.05, 0) is 31.0 Å². The van der Waals surface area contributed by atoms with Gasteiger partial charge in [-0.1, -0.05) is 23.2 Å². The number of halogens is 2. The Morgan fingerprint density at radius 2 is 2.18 bits per heavy atom. The molecule has 1 fully saturated rings. The Bertz CT molecular complexity index is 423. The van der Waals surface area contributed by atoms with Gasteiger partial charge in [0.1, 0.15) is 0 Å². The maximum absolute atomic E-state index is 11.4. The molecule has 0 aliphatic carbocycles. The molecular weight excluding hydrogens is 259 g/mol. The molecule has 1 aromatic rings. The largest absolute Gasteiger partial charge is 0.381 e. The zero-order valence-corrected chi connectivity index (χ0v) is 10.8. The molecule has 1 saturated heterocycles. The minimum atomic E-state index is 0.0816. The average Bonchev–Trinajstić information content (AvgIpc) is 2.48. The number of carbonyl (C=O) groups excluding carboxylic acids is 1. The first-order valence-electron chi connectivity index (χ1n) is 5.63. The summed E-state index contributed by atoms with van der Waals surface area (Å²) in [6, 6.07) is 5.40. The second-order valence-corrected chi connectivity index (χ2v) is 5.01. The Kier molecular flexibility index (Phi) is 4.13. The van der Waals surface area contributed by atoms with Gasteiger partial charge < -0.3 is 10.6 Å². The minimum Gasteiger partial charge on any atom is -0.381 e. The summed E-state index contributed by atoms with van der Waals surface area (Å²) in [6.07, 6.45) is 2.39. The van der Waals surface area contributed by atoms with Gasteiger partial charge >= 0.3 is 0 Å². The molecule has 3 nitrogen and oxygen atoms in total. The second-order valence-electron chi connectivity index (χ2n) is 4.16. The molecule has 1 aliphatic heterocycles. The van der Waals surface area contributed by atoms with Crippen molar-refractivity contribution in [1.82, 2.24) is 5.32 Å². The summed E-state index contributed by atoms with van der Waals surface area (Å²) < 4.78 is 0.